The van der Waals surface area contributed by atoms with Crippen molar-refractivity contribution in [2.45, 2.75) is 32.1 Å². The molecule has 5 nitrogen and oxygen atoms in total. The molecule has 2 heterocycles. The molecular weight excluding hydrogens is 342 g/mol. The molecule has 0 saturated carbocycles. The molecule has 2 fully saturated rings. The lowest BCUT2D eigenvalue weighted by molar-refractivity contribution is -0.142. The van der Waals surface area contributed by atoms with Crippen LogP contribution in [0.4, 0.5) is 8.78 Å². The number of amides is 2. The maximum Gasteiger partial charge on any atom is 0.226 e. The number of likely N-dealkylation sites (tertiary alicyclic amines) is 2. The number of aliphatic hydroxyl groups excluding tert-OH is 1. The van der Waals surface area contributed by atoms with Gasteiger partial charge >= 0.3 is 0 Å². The van der Waals surface area contributed by atoms with Crippen LogP contribution >= 0.6 is 0 Å². The van der Waals surface area contributed by atoms with Gasteiger partial charge in [-0.05, 0) is 42.4 Å². The number of halogens is 2. The second-order valence-corrected chi connectivity index (χ2v) is 7.34. The fourth-order valence-electron chi connectivity index (χ4n) is 4.00. The van der Waals surface area contributed by atoms with Crippen molar-refractivity contribution in [1.29, 1.82) is 0 Å². The van der Waals surface area contributed by atoms with Gasteiger partial charge in [0, 0.05) is 32.6 Å². The summed E-state index contributed by atoms with van der Waals surface area (Å²) in [6.45, 7) is 2.16. The minimum atomic E-state index is -0.941. The molecule has 1 spiro atoms. The molecule has 0 bridgehead atoms. The Balaban J connectivity index is 1.56. The molecule has 0 aliphatic carbocycles. The fraction of sp³-hybridized carbons (Fsp3) is 0.579. The number of hydrogen-bond donors (Lipinski definition) is 1. The van der Waals surface area contributed by atoms with Crippen LogP contribution < -0.4 is 0 Å². The maximum atomic E-state index is 13.3. The van der Waals surface area contributed by atoms with Crippen molar-refractivity contribution < 1.29 is 23.5 Å². The fourth-order valence-corrected chi connectivity index (χ4v) is 4.00. The zero-order valence-corrected chi connectivity index (χ0v) is 14.7. The number of piperidine rings is 2. The lowest BCUT2D eigenvalue weighted by Gasteiger charge is -2.47. The molecule has 0 unspecified atom stereocenters. The zero-order chi connectivity index (χ0) is 18.7. The number of benzene rings is 1. The van der Waals surface area contributed by atoms with Gasteiger partial charge in [0.05, 0.1) is 13.0 Å². The Labute approximate surface area is 151 Å². The van der Waals surface area contributed by atoms with Gasteiger partial charge in [0.15, 0.2) is 11.6 Å². The van der Waals surface area contributed by atoms with Gasteiger partial charge in [0.2, 0.25) is 11.8 Å². The first-order chi connectivity index (χ1) is 12.4. The standard InChI is InChI=1S/C19H24F2N2O3/c20-15-2-1-14(11-16(15)21)12-18(26)22-7-5-19(6-8-22)4-3-17(25)23(13-19)9-10-24/h1-2,11,24H,3-10,12-13H2. The number of nitrogens with zero attached hydrogens (tertiary/aromatic N) is 2. The van der Waals surface area contributed by atoms with E-state index in [1.54, 1.807) is 9.80 Å². The lowest BCUT2D eigenvalue weighted by Crippen LogP contribution is -2.53. The summed E-state index contributed by atoms with van der Waals surface area (Å²) < 4.78 is 26.3. The van der Waals surface area contributed by atoms with Gasteiger partial charge in [0.25, 0.3) is 0 Å². The number of rotatable bonds is 4. The average Bonchev–Trinajstić information content (AvgIpc) is 2.62. The van der Waals surface area contributed by atoms with E-state index in [9.17, 15) is 18.4 Å². The van der Waals surface area contributed by atoms with Crippen LogP contribution in [0.3, 0.4) is 0 Å². The van der Waals surface area contributed by atoms with Crippen molar-refractivity contribution in [2.75, 3.05) is 32.8 Å². The molecular formula is C19H24F2N2O3. The Morgan fingerprint density at radius 1 is 1.15 bits per heavy atom. The Morgan fingerprint density at radius 2 is 1.88 bits per heavy atom. The van der Waals surface area contributed by atoms with Crippen LogP contribution in [-0.2, 0) is 16.0 Å². The van der Waals surface area contributed by atoms with Crippen molar-refractivity contribution in [3.05, 3.63) is 35.4 Å². The number of aliphatic hydroxyl groups is 1. The number of β-amino-alcohol motifs (C(OH)–C–C–N with tert-alkyl or cyclic N) is 1. The second kappa shape index (κ2) is 7.70. The van der Waals surface area contributed by atoms with Crippen LogP contribution in [0.1, 0.15) is 31.2 Å². The summed E-state index contributed by atoms with van der Waals surface area (Å²) >= 11 is 0. The highest BCUT2D eigenvalue weighted by Gasteiger charge is 2.41. The van der Waals surface area contributed by atoms with Crippen molar-refractivity contribution in [3.8, 4) is 0 Å². The summed E-state index contributed by atoms with van der Waals surface area (Å²) in [5, 5.41) is 9.12. The average molecular weight is 366 g/mol. The first-order valence-corrected chi connectivity index (χ1v) is 9.03. The molecule has 0 atom stereocenters. The van der Waals surface area contributed by atoms with Crippen molar-refractivity contribution in [2.24, 2.45) is 5.41 Å². The third-order valence-electron chi connectivity index (χ3n) is 5.63. The molecule has 1 aromatic rings. The topological polar surface area (TPSA) is 60.9 Å². The first-order valence-electron chi connectivity index (χ1n) is 9.03. The Hall–Kier alpha value is -2.02. The lowest BCUT2D eigenvalue weighted by atomic mass is 9.72. The second-order valence-electron chi connectivity index (χ2n) is 7.34. The smallest absolute Gasteiger partial charge is 0.226 e. The Morgan fingerprint density at radius 3 is 2.54 bits per heavy atom. The van der Waals surface area contributed by atoms with Gasteiger partial charge in [-0.1, -0.05) is 6.07 Å². The summed E-state index contributed by atoms with van der Waals surface area (Å²) in [4.78, 5) is 27.9. The van der Waals surface area contributed by atoms with E-state index in [0.717, 1.165) is 31.4 Å². The van der Waals surface area contributed by atoms with Crippen molar-refractivity contribution in [1.82, 2.24) is 9.80 Å². The third-order valence-corrected chi connectivity index (χ3v) is 5.63. The highest BCUT2D eigenvalue weighted by Crippen LogP contribution is 2.40. The van der Waals surface area contributed by atoms with Crippen molar-refractivity contribution in [3.63, 3.8) is 0 Å². The number of carbonyl (C=O) groups is 2. The van der Waals surface area contributed by atoms with E-state index in [1.807, 2.05) is 0 Å². The Kier molecular flexibility index (Phi) is 5.55. The molecule has 7 heteroatoms. The van der Waals surface area contributed by atoms with Crippen LogP contribution in [0.15, 0.2) is 18.2 Å². The van der Waals surface area contributed by atoms with Crippen molar-refractivity contribution >= 4 is 11.8 Å². The van der Waals surface area contributed by atoms with Gasteiger partial charge in [-0.2, -0.15) is 0 Å². The van der Waals surface area contributed by atoms with E-state index in [0.29, 0.717) is 38.2 Å². The van der Waals surface area contributed by atoms with Gasteiger partial charge in [-0.3, -0.25) is 9.59 Å². The summed E-state index contributed by atoms with van der Waals surface area (Å²) in [6.07, 6.45) is 2.98. The van der Waals surface area contributed by atoms with Gasteiger partial charge in [0.1, 0.15) is 0 Å². The molecule has 3 rings (SSSR count). The van der Waals surface area contributed by atoms with Crippen LogP contribution in [-0.4, -0.2) is 59.5 Å². The van der Waals surface area contributed by atoms with E-state index in [-0.39, 0.29) is 30.3 Å². The minimum absolute atomic E-state index is 0.0157. The van der Waals surface area contributed by atoms with Gasteiger partial charge < -0.3 is 14.9 Å². The zero-order valence-electron chi connectivity index (χ0n) is 14.7. The van der Waals surface area contributed by atoms with E-state index in [1.165, 1.54) is 6.07 Å². The van der Waals surface area contributed by atoms with E-state index in [2.05, 4.69) is 0 Å². The number of carbonyl (C=O) groups excluding carboxylic acids is 2. The molecule has 2 amide bonds. The molecule has 2 saturated heterocycles. The van der Waals surface area contributed by atoms with E-state index in [4.69, 9.17) is 5.11 Å². The van der Waals surface area contributed by atoms with E-state index < -0.39 is 11.6 Å². The Bertz CT molecular complexity index is 687. The molecule has 26 heavy (non-hydrogen) atoms. The molecule has 1 N–H and O–H groups in total. The van der Waals surface area contributed by atoms with Crippen LogP contribution in [0.5, 0.6) is 0 Å². The normalized spacial score (nSPS) is 19.9. The predicted octanol–water partition coefficient (Wildman–Crippen LogP) is 1.73. The predicted molar refractivity (Wildman–Crippen MR) is 91.2 cm³/mol. The summed E-state index contributed by atoms with van der Waals surface area (Å²) in [5.41, 5.74) is 0.480. The summed E-state index contributed by atoms with van der Waals surface area (Å²) in [7, 11) is 0. The summed E-state index contributed by atoms with van der Waals surface area (Å²) in [5.74, 6) is -1.87. The highest BCUT2D eigenvalue weighted by molar-refractivity contribution is 5.79. The molecule has 1 aromatic carbocycles. The minimum Gasteiger partial charge on any atom is -0.395 e. The van der Waals surface area contributed by atoms with Crippen LogP contribution in [0, 0.1) is 17.0 Å². The first kappa shape index (κ1) is 18.8. The third kappa shape index (κ3) is 4.03. The molecule has 2 aliphatic heterocycles. The molecule has 0 radical (unpaired) electrons. The maximum absolute atomic E-state index is 13.3. The van der Waals surface area contributed by atoms with Gasteiger partial charge in [-0.15, -0.1) is 0 Å². The highest BCUT2D eigenvalue weighted by atomic mass is 19.2. The van der Waals surface area contributed by atoms with Crippen LogP contribution in [0.25, 0.3) is 0 Å². The SMILES string of the molecule is O=C(Cc1ccc(F)c(F)c1)N1CCC2(CCC(=O)N(CCO)C2)CC1. The van der Waals surface area contributed by atoms with Gasteiger partial charge in [-0.25, -0.2) is 8.78 Å². The van der Waals surface area contributed by atoms with E-state index >= 15 is 0 Å². The number of hydrogen-bond acceptors (Lipinski definition) is 3. The summed E-state index contributed by atoms with van der Waals surface area (Å²) in [6, 6.07) is 3.54. The van der Waals surface area contributed by atoms with Crippen LogP contribution in [0.2, 0.25) is 0 Å². The molecule has 142 valence electrons. The quantitative estimate of drug-likeness (QED) is 0.883. The molecule has 0 aromatic heterocycles. The monoisotopic (exact) mass is 366 g/mol. The largest absolute Gasteiger partial charge is 0.395 e. The molecule has 2 aliphatic rings.